The fraction of sp³-hybridized carbons (Fsp3) is 0.182. The zero-order chi connectivity index (χ0) is 11.5. The van der Waals surface area contributed by atoms with E-state index in [1.807, 2.05) is 31.2 Å². The predicted molar refractivity (Wildman–Crippen MR) is 57.8 cm³/mol. The summed E-state index contributed by atoms with van der Waals surface area (Å²) in [4.78, 5) is 10.6. The molecule has 0 aliphatic heterocycles. The van der Waals surface area contributed by atoms with Crippen LogP contribution in [0.25, 0.3) is 11.3 Å². The summed E-state index contributed by atoms with van der Waals surface area (Å²) in [6.07, 6.45) is 1.57. The molecule has 0 amide bonds. The largest absolute Gasteiger partial charge is 0.480 e. The summed E-state index contributed by atoms with van der Waals surface area (Å²) in [7, 11) is 0. The molecular weight excluding hydrogens is 206 g/mol. The molecule has 5 heteroatoms. The summed E-state index contributed by atoms with van der Waals surface area (Å²) < 4.78 is 1.37. The van der Waals surface area contributed by atoms with Gasteiger partial charge in [-0.15, -0.1) is 5.10 Å². The molecule has 2 aromatic rings. The van der Waals surface area contributed by atoms with Gasteiger partial charge in [-0.2, -0.15) is 0 Å². The number of rotatable bonds is 3. The lowest BCUT2D eigenvalue weighted by Crippen LogP contribution is -2.11. The first-order valence-corrected chi connectivity index (χ1v) is 4.84. The smallest absolute Gasteiger partial charge is 0.325 e. The molecule has 1 heterocycles. The number of aryl methyl sites for hydroxylation is 1. The van der Waals surface area contributed by atoms with Gasteiger partial charge in [0, 0.05) is 5.56 Å². The van der Waals surface area contributed by atoms with Gasteiger partial charge in [-0.3, -0.25) is 4.79 Å². The second-order valence-corrected chi connectivity index (χ2v) is 3.54. The summed E-state index contributed by atoms with van der Waals surface area (Å²) in [5.74, 6) is -0.931. The van der Waals surface area contributed by atoms with Crippen LogP contribution in [0.15, 0.2) is 30.5 Å². The van der Waals surface area contributed by atoms with Crippen LogP contribution in [0.1, 0.15) is 5.56 Å². The van der Waals surface area contributed by atoms with E-state index in [4.69, 9.17) is 5.11 Å². The molecule has 0 spiro atoms. The van der Waals surface area contributed by atoms with Gasteiger partial charge in [0.1, 0.15) is 6.54 Å². The van der Waals surface area contributed by atoms with Crippen LogP contribution in [0.3, 0.4) is 0 Å². The van der Waals surface area contributed by atoms with E-state index in [0.717, 1.165) is 11.1 Å². The van der Waals surface area contributed by atoms with Gasteiger partial charge in [-0.1, -0.05) is 29.0 Å². The Morgan fingerprint density at radius 1 is 1.50 bits per heavy atom. The summed E-state index contributed by atoms with van der Waals surface area (Å²) in [5, 5.41) is 16.2. The van der Waals surface area contributed by atoms with Gasteiger partial charge in [0.25, 0.3) is 0 Å². The number of hydrogen-bond donors (Lipinski definition) is 1. The fourth-order valence-electron chi connectivity index (χ4n) is 1.53. The van der Waals surface area contributed by atoms with E-state index in [9.17, 15) is 4.79 Å². The van der Waals surface area contributed by atoms with Crippen molar-refractivity contribution in [3.63, 3.8) is 0 Å². The van der Waals surface area contributed by atoms with Crippen LogP contribution < -0.4 is 0 Å². The molecule has 0 atom stereocenters. The Hall–Kier alpha value is -2.17. The van der Waals surface area contributed by atoms with Crippen LogP contribution in [-0.4, -0.2) is 26.1 Å². The van der Waals surface area contributed by atoms with Gasteiger partial charge >= 0.3 is 5.97 Å². The zero-order valence-electron chi connectivity index (χ0n) is 8.79. The van der Waals surface area contributed by atoms with Crippen molar-refractivity contribution in [3.8, 4) is 11.3 Å². The topological polar surface area (TPSA) is 68.0 Å². The molecule has 0 unspecified atom stereocenters. The standard InChI is InChI=1S/C11H11N3O2/c1-8-3-2-4-9(5-8)10-6-12-13-14(10)7-11(15)16/h2-6H,7H2,1H3,(H,15,16). The van der Waals surface area contributed by atoms with Crippen molar-refractivity contribution in [2.45, 2.75) is 13.5 Å². The number of carbonyl (C=O) groups is 1. The predicted octanol–water partition coefficient (Wildman–Crippen LogP) is 1.34. The minimum Gasteiger partial charge on any atom is -0.480 e. The van der Waals surface area contributed by atoms with Crippen molar-refractivity contribution >= 4 is 5.97 Å². The van der Waals surface area contributed by atoms with Crippen LogP contribution in [0.2, 0.25) is 0 Å². The molecular formula is C11H11N3O2. The third kappa shape index (κ3) is 2.08. The van der Waals surface area contributed by atoms with E-state index in [2.05, 4.69) is 10.3 Å². The fourth-order valence-corrected chi connectivity index (χ4v) is 1.53. The molecule has 1 aromatic carbocycles. The molecule has 0 radical (unpaired) electrons. The average molecular weight is 217 g/mol. The molecule has 0 saturated carbocycles. The number of benzene rings is 1. The van der Waals surface area contributed by atoms with E-state index >= 15 is 0 Å². The summed E-state index contributed by atoms with van der Waals surface area (Å²) in [6, 6.07) is 7.78. The number of carboxylic acid groups (broad SMARTS) is 1. The minimum atomic E-state index is -0.931. The second-order valence-electron chi connectivity index (χ2n) is 3.54. The van der Waals surface area contributed by atoms with Crippen molar-refractivity contribution < 1.29 is 9.90 Å². The van der Waals surface area contributed by atoms with Gasteiger partial charge < -0.3 is 5.11 Å². The molecule has 0 bridgehead atoms. The van der Waals surface area contributed by atoms with Gasteiger partial charge in [0.05, 0.1) is 11.9 Å². The lowest BCUT2D eigenvalue weighted by molar-refractivity contribution is -0.137. The Bertz CT molecular complexity index is 519. The number of aliphatic carboxylic acids is 1. The first-order valence-electron chi connectivity index (χ1n) is 4.84. The van der Waals surface area contributed by atoms with E-state index in [1.54, 1.807) is 6.20 Å². The van der Waals surface area contributed by atoms with Crippen molar-refractivity contribution in [1.82, 2.24) is 15.0 Å². The Labute approximate surface area is 92.3 Å². The maximum atomic E-state index is 10.6. The van der Waals surface area contributed by atoms with Gasteiger partial charge in [-0.05, 0) is 13.0 Å². The molecule has 0 aliphatic rings. The van der Waals surface area contributed by atoms with Crippen molar-refractivity contribution in [3.05, 3.63) is 36.0 Å². The number of hydrogen-bond acceptors (Lipinski definition) is 3. The zero-order valence-corrected chi connectivity index (χ0v) is 8.79. The highest BCUT2D eigenvalue weighted by Crippen LogP contribution is 2.18. The van der Waals surface area contributed by atoms with E-state index in [1.165, 1.54) is 4.68 Å². The van der Waals surface area contributed by atoms with Crippen LogP contribution >= 0.6 is 0 Å². The third-order valence-corrected chi connectivity index (χ3v) is 2.22. The molecule has 1 N–H and O–H groups in total. The highest BCUT2D eigenvalue weighted by atomic mass is 16.4. The third-order valence-electron chi connectivity index (χ3n) is 2.22. The number of carboxylic acids is 1. The van der Waals surface area contributed by atoms with Crippen molar-refractivity contribution in [1.29, 1.82) is 0 Å². The molecule has 5 nitrogen and oxygen atoms in total. The van der Waals surface area contributed by atoms with Gasteiger partial charge in [-0.25, -0.2) is 4.68 Å². The Morgan fingerprint density at radius 3 is 3.00 bits per heavy atom. The molecule has 0 aliphatic carbocycles. The number of nitrogens with zero attached hydrogens (tertiary/aromatic N) is 3. The molecule has 16 heavy (non-hydrogen) atoms. The normalized spacial score (nSPS) is 10.3. The highest BCUT2D eigenvalue weighted by Gasteiger charge is 2.09. The molecule has 2 rings (SSSR count). The van der Waals surface area contributed by atoms with Crippen LogP contribution in [-0.2, 0) is 11.3 Å². The maximum Gasteiger partial charge on any atom is 0.325 e. The molecule has 1 aromatic heterocycles. The quantitative estimate of drug-likeness (QED) is 0.842. The van der Waals surface area contributed by atoms with E-state index in [-0.39, 0.29) is 6.54 Å². The van der Waals surface area contributed by atoms with Crippen LogP contribution in [0.4, 0.5) is 0 Å². The average Bonchev–Trinajstić information content (AvgIpc) is 2.65. The van der Waals surface area contributed by atoms with Crippen molar-refractivity contribution in [2.75, 3.05) is 0 Å². The Kier molecular flexibility index (Phi) is 2.68. The Morgan fingerprint density at radius 2 is 2.31 bits per heavy atom. The van der Waals surface area contributed by atoms with Crippen LogP contribution in [0, 0.1) is 6.92 Å². The Balaban J connectivity index is 2.40. The summed E-state index contributed by atoms with van der Waals surface area (Å²) in [5.41, 5.74) is 2.75. The molecule has 0 saturated heterocycles. The maximum absolute atomic E-state index is 10.6. The second kappa shape index (κ2) is 4.14. The lowest BCUT2D eigenvalue weighted by atomic mass is 10.1. The summed E-state index contributed by atoms with van der Waals surface area (Å²) >= 11 is 0. The highest BCUT2D eigenvalue weighted by molar-refractivity contribution is 5.68. The lowest BCUT2D eigenvalue weighted by Gasteiger charge is -2.04. The number of aromatic nitrogens is 3. The SMILES string of the molecule is Cc1cccc(-c2cnnn2CC(=O)O)c1. The van der Waals surface area contributed by atoms with E-state index in [0.29, 0.717) is 5.69 Å². The first-order chi connectivity index (χ1) is 7.66. The van der Waals surface area contributed by atoms with Gasteiger partial charge in [0.15, 0.2) is 0 Å². The van der Waals surface area contributed by atoms with E-state index < -0.39 is 5.97 Å². The first kappa shape index (κ1) is 10.4. The molecule has 82 valence electrons. The van der Waals surface area contributed by atoms with Crippen molar-refractivity contribution in [2.24, 2.45) is 0 Å². The van der Waals surface area contributed by atoms with Gasteiger partial charge in [0.2, 0.25) is 0 Å². The summed E-state index contributed by atoms with van der Waals surface area (Å²) in [6.45, 7) is 1.80. The molecule has 0 fully saturated rings. The monoisotopic (exact) mass is 217 g/mol. The van der Waals surface area contributed by atoms with Crippen LogP contribution in [0.5, 0.6) is 0 Å². The minimum absolute atomic E-state index is 0.177.